The second kappa shape index (κ2) is 8.49. The Morgan fingerprint density at radius 2 is 1.96 bits per heavy atom. The molecule has 3 aromatic rings. The van der Waals surface area contributed by atoms with Crippen LogP contribution in [0.1, 0.15) is 36.8 Å². The third-order valence-electron chi connectivity index (χ3n) is 4.09. The standard InChI is InChI=1S/C21H23N3O3/c1-14(2)17-10-9-15(3)11-18(17)26-13-19(25)22-12-20-23-21(24-27-20)16-7-5-4-6-8-16/h4-11,14H,12-13H2,1-3H3,(H,22,25). The summed E-state index contributed by atoms with van der Waals surface area (Å²) in [7, 11) is 0. The molecule has 0 aliphatic heterocycles. The van der Waals surface area contributed by atoms with Gasteiger partial charge in [-0.2, -0.15) is 4.98 Å². The van der Waals surface area contributed by atoms with Crippen molar-refractivity contribution in [1.29, 1.82) is 0 Å². The molecule has 6 nitrogen and oxygen atoms in total. The number of aryl methyl sites for hydroxylation is 1. The minimum atomic E-state index is -0.245. The molecule has 1 aromatic heterocycles. The van der Waals surface area contributed by atoms with Gasteiger partial charge in [0.25, 0.3) is 5.91 Å². The van der Waals surface area contributed by atoms with E-state index in [1.165, 1.54) is 0 Å². The second-order valence-corrected chi connectivity index (χ2v) is 6.64. The van der Waals surface area contributed by atoms with E-state index in [2.05, 4.69) is 29.3 Å². The largest absolute Gasteiger partial charge is 0.483 e. The predicted molar refractivity (Wildman–Crippen MR) is 102 cm³/mol. The number of carbonyl (C=O) groups is 1. The zero-order valence-electron chi connectivity index (χ0n) is 15.7. The number of rotatable bonds is 7. The maximum absolute atomic E-state index is 12.1. The normalized spacial score (nSPS) is 10.8. The van der Waals surface area contributed by atoms with Crippen molar-refractivity contribution in [1.82, 2.24) is 15.5 Å². The molecule has 27 heavy (non-hydrogen) atoms. The smallest absolute Gasteiger partial charge is 0.258 e. The van der Waals surface area contributed by atoms with Crippen molar-refractivity contribution >= 4 is 5.91 Å². The van der Waals surface area contributed by atoms with E-state index in [0.717, 1.165) is 22.4 Å². The summed E-state index contributed by atoms with van der Waals surface area (Å²) in [4.78, 5) is 16.4. The van der Waals surface area contributed by atoms with Crippen LogP contribution in [-0.4, -0.2) is 22.7 Å². The number of nitrogens with one attached hydrogen (secondary N) is 1. The van der Waals surface area contributed by atoms with E-state index >= 15 is 0 Å². The van der Waals surface area contributed by atoms with Gasteiger partial charge in [-0.25, -0.2) is 0 Å². The molecule has 0 spiro atoms. The van der Waals surface area contributed by atoms with Gasteiger partial charge in [-0.05, 0) is 30.0 Å². The Labute approximate surface area is 158 Å². The Kier molecular flexibility index (Phi) is 5.86. The summed E-state index contributed by atoms with van der Waals surface area (Å²) in [5.41, 5.74) is 3.04. The van der Waals surface area contributed by atoms with Crippen molar-refractivity contribution in [2.75, 3.05) is 6.61 Å². The van der Waals surface area contributed by atoms with Crippen LogP contribution in [0.4, 0.5) is 0 Å². The molecule has 3 rings (SSSR count). The molecule has 0 unspecified atom stereocenters. The fraction of sp³-hybridized carbons (Fsp3) is 0.286. The molecule has 1 amide bonds. The second-order valence-electron chi connectivity index (χ2n) is 6.64. The zero-order valence-corrected chi connectivity index (χ0v) is 15.7. The fourth-order valence-electron chi connectivity index (χ4n) is 2.64. The van der Waals surface area contributed by atoms with Gasteiger partial charge in [-0.1, -0.05) is 61.5 Å². The van der Waals surface area contributed by atoms with E-state index in [9.17, 15) is 4.79 Å². The van der Waals surface area contributed by atoms with Crippen LogP contribution in [0.25, 0.3) is 11.4 Å². The fourth-order valence-corrected chi connectivity index (χ4v) is 2.64. The van der Waals surface area contributed by atoms with Crippen LogP contribution in [0, 0.1) is 6.92 Å². The van der Waals surface area contributed by atoms with Crippen molar-refractivity contribution < 1.29 is 14.1 Å². The molecule has 1 heterocycles. The average molecular weight is 365 g/mol. The van der Waals surface area contributed by atoms with Crippen LogP contribution in [0.3, 0.4) is 0 Å². The van der Waals surface area contributed by atoms with Crippen molar-refractivity contribution in [2.24, 2.45) is 0 Å². The Morgan fingerprint density at radius 1 is 1.19 bits per heavy atom. The molecule has 0 saturated heterocycles. The molecular weight excluding hydrogens is 342 g/mol. The van der Waals surface area contributed by atoms with Gasteiger partial charge in [0.1, 0.15) is 5.75 Å². The van der Waals surface area contributed by atoms with Crippen molar-refractivity contribution in [3.05, 3.63) is 65.5 Å². The van der Waals surface area contributed by atoms with E-state index in [4.69, 9.17) is 9.26 Å². The molecule has 140 valence electrons. The molecule has 1 N–H and O–H groups in total. The van der Waals surface area contributed by atoms with Crippen LogP contribution >= 0.6 is 0 Å². The number of carbonyl (C=O) groups excluding carboxylic acids is 1. The highest BCUT2D eigenvalue weighted by Gasteiger charge is 2.12. The summed E-state index contributed by atoms with van der Waals surface area (Å²) in [6.45, 7) is 6.28. The average Bonchev–Trinajstić information content (AvgIpc) is 3.14. The first-order chi connectivity index (χ1) is 13.0. The maximum atomic E-state index is 12.1. The first kappa shape index (κ1) is 18.6. The van der Waals surface area contributed by atoms with Gasteiger partial charge < -0.3 is 14.6 Å². The van der Waals surface area contributed by atoms with Crippen LogP contribution < -0.4 is 10.1 Å². The number of ether oxygens (including phenoxy) is 1. The summed E-state index contributed by atoms with van der Waals surface area (Å²) in [6, 6.07) is 15.6. The number of aromatic nitrogens is 2. The van der Waals surface area contributed by atoms with Gasteiger partial charge in [-0.15, -0.1) is 0 Å². The molecule has 0 bridgehead atoms. The lowest BCUT2D eigenvalue weighted by atomic mass is 10.0. The first-order valence-corrected chi connectivity index (χ1v) is 8.91. The predicted octanol–water partition coefficient (Wildman–Crippen LogP) is 3.86. The molecular formula is C21H23N3O3. The van der Waals surface area contributed by atoms with Crippen molar-refractivity contribution in [2.45, 2.75) is 33.2 Å². The molecule has 0 aliphatic rings. The highest BCUT2D eigenvalue weighted by molar-refractivity contribution is 5.77. The molecule has 0 radical (unpaired) electrons. The van der Waals surface area contributed by atoms with Gasteiger partial charge in [0.05, 0.1) is 6.54 Å². The lowest BCUT2D eigenvalue weighted by Gasteiger charge is -2.14. The Bertz CT molecular complexity index is 904. The molecule has 0 atom stereocenters. The van der Waals surface area contributed by atoms with Gasteiger partial charge in [0.15, 0.2) is 6.61 Å². The number of hydrogen-bond acceptors (Lipinski definition) is 5. The van der Waals surface area contributed by atoms with Crippen molar-refractivity contribution in [3.8, 4) is 17.1 Å². The summed E-state index contributed by atoms with van der Waals surface area (Å²) in [6.07, 6.45) is 0. The van der Waals surface area contributed by atoms with E-state index < -0.39 is 0 Å². The molecule has 2 aromatic carbocycles. The maximum Gasteiger partial charge on any atom is 0.258 e. The Morgan fingerprint density at radius 3 is 2.70 bits per heavy atom. The highest BCUT2D eigenvalue weighted by Crippen LogP contribution is 2.27. The van der Waals surface area contributed by atoms with E-state index in [1.807, 2.05) is 55.5 Å². The minimum absolute atomic E-state index is 0.0666. The SMILES string of the molecule is Cc1ccc(C(C)C)c(OCC(=O)NCc2nc(-c3ccccc3)no2)c1. The topological polar surface area (TPSA) is 77.2 Å². The lowest BCUT2D eigenvalue weighted by molar-refractivity contribution is -0.123. The van der Waals surface area contributed by atoms with Crippen LogP contribution in [0.15, 0.2) is 53.1 Å². The number of amides is 1. The number of nitrogens with zero attached hydrogens (tertiary/aromatic N) is 2. The third kappa shape index (κ3) is 4.94. The van der Waals surface area contributed by atoms with Gasteiger partial charge in [0.2, 0.25) is 11.7 Å². The lowest BCUT2D eigenvalue weighted by Crippen LogP contribution is -2.28. The summed E-state index contributed by atoms with van der Waals surface area (Å²) < 4.78 is 10.9. The van der Waals surface area contributed by atoms with E-state index in [0.29, 0.717) is 17.6 Å². The Balaban J connectivity index is 1.54. The quantitative estimate of drug-likeness (QED) is 0.688. The van der Waals surface area contributed by atoms with Crippen LogP contribution in [-0.2, 0) is 11.3 Å². The van der Waals surface area contributed by atoms with Crippen LogP contribution in [0.2, 0.25) is 0 Å². The number of hydrogen-bond donors (Lipinski definition) is 1. The van der Waals surface area contributed by atoms with Crippen LogP contribution in [0.5, 0.6) is 5.75 Å². The van der Waals surface area contributed by atoms with E-state index in [1.54, 1.807) is 0 Å². The zero-order chi connectivity index (χ0) is 19.2. The van der Waals surface area contributed by atoms with E-state index in [-0.39, 0.29) is 19.1 Å². The minimum Gasteiger partial charge on any atom is -0.483 e. The first-order valence-electron chi connectivity index (χ1n) is 8.91. The molecule has 0 fully saturated rings. The van der Waals surface area contributed by atoms with Gasteiger partial charge >= 0.3 is 0 Å². The summed E-state index contributed by atoms with van der Waals surface area (Å²) >= 11 is 0. The third-order valence-corrected chi connectivity index (χ3v) is 4.09. The Hall–Kier alpha value is -3.15. The molecule has 6 heteroatoms. The summed E-state index contributed by atoms with van der Waals surface area (Å²) in [5.74, 6) is 1.66. The highest BCUT2D eigenvalue weighted by atomic mass is 16.5. The van der Waals surface area contributed by atoms with Gasteiger partial charge in [-0.3, -0.25) is 4.79 Å². The molecule has 0 aliphatic carbocycles. The monoisotopic (exact) mass is 365 g/mol. The van der Waals surface area contributed by atoms with Gasteiger partial charge in [0, 0.05) is 5.56 Å². The molecule has 0 saturated carbocycles. The number of benzene rings is 2. The van der Waals surface area contributed by atoms with Crippen molar-refractivity contribution in [3.63, 3.8) is 0 Å². The summed E-state index contributed by atoms with van der Waals surface area (Å²) in [5, 5.41) is 6.67.